The lowest BCUT2D eigenvalue weighted by Gasteiger charge is -2.23. The summed E-state index contributed by atoms with van der Waals surface area (Å²) in [5.74, 6) is -0.346. The van der Waals surface area contributed by atoms with Crippen LogP contribution in [0.5, 0.6) is 0 Å². The molecule has 1 unspecified atom stereocenters. The van der Waals surface area contributed by atoms with Crippen LogP contribution in [-0.4, -0.2) is 43.2 Å². The first kappa shape index (κ1) is 12.4. The van der Waals surface area contributed by atoms with Crippen LogP contribution in [0.15, 0.2) is 0 Å². The highest BCUT2D eigenvalue weighted by Gasteiger charge is 2.22. The Morgan fingerprint density at radius 2 is 1.92 bits per heavy atom. The van der Waals surface area contributed by atoms with Crippen molar-refractivity contribution in [3.8, 4) is 0 Å². The highest BCUT2D eigenvalue weighted by Crippen LogP contribution is 2.07. The second-order valence-corrected chi connectivity index (χ2v) is 4.40. The Bertz CT molecular complexity index is 173. The number of nitrogens with zero attached hydrogens (tertiary/aromatic N) is 1. The summed E-state index contributed by atoms with van der Waals surface area (Å²) in [4.78, 5) is 13.2. The summed E-state index contributed by atoms with van der Waals surface area (Å²) in [6.45, 7) is 5.99. The van der Waals surface area contributed by atoms with Crippen LogP contribution >= 0.6 is 0 Å². The number of carbonyl (C=O) groups is 1. The fraction of sp³-hybridized carbons (Fsp3) is 0.889. The van der Waals surface area contributed by atoms with Gasteiger partial charge < -0.3 is 15.4 Å². The number of hydrogen-bond donors (Lipinski definition) is 1. The zero-order valence-electron chi connectivity index (χ0n) is 9.13. The molecule has 2 N–H and O–H groups in total. The minimum absolute atomic E-state index is 0.346. The fourth-order valence-corrected chi connectivity index (χ4v) is 0.845. The van der Waals surface area contributed by atoms with Crippen LogP contribution in [0.1, 0.15) is 20.8 Å². The normalized spacial score (nSPS) is 14.4. The second-order valence-electron chi connectivity index (χ2n) is 4.40. The summed E-state index contributed by atoms with van der Waals surface area (Å²) in [5.41, 5.74) is 5.15. The van der Waals surface area contributed by atoms with Crippen molar-refractivity contribution in [1.82, 2.24) is 4.90 Å². The average molecular weight is 188 g/mol. The molecule has 0 fully saturated rings. The number of carbonyl (C=O) groups excluding carboxylic acids is 1. The summed E-state index contributed by atoms with van der Waals surface area (Å²) < 4.78 is 5.11. The van der Waals surface area contributed by atoms with Crippen LogP contribution in [0.4, 0.5) is 0 Å². The van der Waals surface area contributed by atoms with Gasteiger partial charge in [0.25, 0.3) is 0 Å². The van der Waals surface area contributed by atoms with Crippen LogP contribution < -0.4 is 5.73 Å². The van der Waals surface area contributed by atoms with Crippen LogP contribution in [0.2, 0.25) is 0 Å². The number of likely N-dealkylation sites (N-methyl/N-ethyl adjacent to an activating group) is 1. The van der Waals surface area contributed by atoms with Crippen molar-refractivity contribution in [2.45, 2.75) is 32.4 Å². The highest BCUT2D eigenvalue weighted by atomic mass is 16.6. The van der Waals surface area contributed by atoms with Crippen molar-refractivity contribution >= 4 is 5.97 Å². The average Bonchev–Trinajstić information content (AvgIpc) is 1.81. The Labute approximate surface area is 80.0 Å². The maximum absolute atomic E-state index is 11.3. The van der Waals surface area contributed by atoms with Gasteiger partial charge in [0.1, 0.15) is 11.6 Å². The Kier molecular flexibility index (Phi) is 4.36. The third kappa shape index (κ3) is 6.54. The number of hydrogen-bond acceptors (Lipinski definition) is 4. The maximum Gasteiger partial charge on any atom is 0.324 e. The molecule has 0 rings (SSSR count). The van der Waals surface area contributed by atoms with Gasteiger partial charge in [0.05, 0.1) is 0 Å². The third-order valence-electron chi connectivity index (χ3n) is 1.27. The van der Waals surface area contributed by atoms with Crippen LogP contribution in [0.3, 0.4) is 0 Å². The molecule has 0 aliphatic rings. The van der Waals surface area contributed by atoms with Crippen LogP contribution in [0, 0.1) is 0 Å². The number of rotatable bonds is 3. The highest BCUT2D eigenvalue weighted by molar-refractivity contribution is 5.76. The van der Waals surface area contributed by atoms with E-state index in [-0.39, 0.29) is 5.97 Å². The molecule has 0 aromatic rings. The largest absolute Gasteiger partial charge is 0.459 e. The first-order valence-corrected chi connectivity index (χ1v) is 4.35. The summed E-state index contributed by atoms with van der Waals surface area (Å²) in [5, 5.41) is 0. The van der Waals surface area contributed by atoms with E-state index in [1.54, 1.807) is 0 Å². The van der Waals surface area contributed by atoms with E-state index in [9.17, 15) is 4.79 Å². The number of ether oxygens (including phenoxy) is 1. The molecular weight excluding hydrogens is 168 g/mol. The van der Waals surface area contributed by atoms with Crippen molar-refractivity contribution in [2.75, 3.05) is 20.6 Å². The lowest BCUT2D eigenvalue weighted by atomic mass is 10.2. The summed E-state index contributed by atoms with van der Waals surface area (Å²) >= 11 is 0. The zero-order chi connectivity index (χ0) is 10.6. The summed E-state index contributed by atoms with van der Waals surface area (Å²) in [6, 6.07) is -0.561. The van der Waals surface area contributed by atoms with Gasteiger partial charge in [0.2, 0.25) is 0 Å². The molecule has 0 saturated heterocycles. The van der Waals surface area contributed by atoms with Crippen LogP contribution in [-0.2, 0) is 9.53 Å². The quantitative estimate of drug-likeness (QED) is 0.644. The van der Waals surface area contributed by atoms with E-state index >= 15 is 0 Å². The lowest BCUT2D eigenvalue weighted by molar-refractivity contribution is -0.156. The Hall–Kier alpha value is -0.610. The molecule has 0 aliphatic heterocycles. The molecule has 13 heavy (non-hydrogen) atoms. The van der Waals surface area contributed by atoms with Gasteiger partial charge in [-0.2, -0.15) is 0 Å². The standard InChI is InChI=1S/C9H20N2O2/c1-9(2,3)13-8(12)7(10)6-11(4)5/h7H,6,10H2,1-5H3. The molecule has 0 aromatic carbocycles. The Morgan fingerprint density at radius 3 is 2.23 bits per heavy atom. The Morgan fingerprint density at radius 1 is 1.46 bits per heavy atom. The van der Waals surface area contributed by atoms with Crippen molar-refractivity contribution in [1.29, 1.82) is 0 Å². The molecule has 4 nitrogen and oxygen atoms in total. The van der Waals surface area contributed by atoms with Crippen LogP contribution in [0.25, 0.3) is 0 Å². The number of nitrogens with two attached hydrogens (primary N) is 1. The molecule has 0 saturated carbocycles. The van der Waals surface area contributed by atoms with Gasteiger partial charge >= 0.3 is 5.97 Å². The second kappa shape index (κ2) is 4.58. The third-order valence-corrected chi connectivity index (χ3v) is 1.27. The SMILES string of the molecule is CN(C)CC(N)C(=O)OC(C)(C)C. The van der Waals surface area contributed by atoms with Crippen molar-refractivity contribution in [3.63, 3.8) is 0 Å². The van der Waals surface area contributed by atoms with E-state index in [1.807, 2.05) is 39.8 Å². The first-order chi connectivity index (χ1) is 5.72. The molecule has 4 heteroatoms. The smallest absolute Gasteiger partial charge is 0.324 e. The van der Waals surface area contributed by atoms with E-state index in [4.69, 9.17) is 10.5 Å². The molecule has 0 bridgehead atoms. The summed E-state index contributed by atoms with van der Waals surface area (Å²) in [7, 11) is 3.73. The molecule has 0 amide bonds. The Balaban J connectivity index is 3.97. The predicted octanol–water partition coefficient (Wildman–Crippen LogP) is 0.217. The van der Waals surface area contributed by atoms with Crippen molar-refractivity contribution in [2.24, 2.45) is 5.73 Å². The fourth-order valence-electron chi connectivity index (χ4n) is 0.845. The molecule has 0 aromatic heterocycles. The molecule has 0 spiro atoms. The van der Waals surface area contributed by atoms with E-state index < -0.39 is 11.6 Å². The molecule has 1 atom stereocenters. The maximum atomic E-state index is 11.3. The van der Waals surface area contributed by atoms with Gasteiger partial charge in [0, 0.05) is 6.54 Å². The minimum Gasteiger partial charge on any atom is -0.459 e. The summed E-state index contributed by atoms with van der Waals surface area (Å²) in [6.07, 6.45) is 0. The van der Waals surface area contributed by atoms with E-state index in [2.05, 4.69) is 0 Å². The molecular formula is C9H20N2O2. The first-order valence-electron chi connectivity index (χ1n) is 4.35. The minimum atomic E-state index is -0.561. The van der Waals surface area contributed by atoms with Crippen molar-refractivity contribution in [3.05, 3.63) is 0 Å². The van der Waals surface area contributed by atoms with Gasteiger partial charge in [-0.1, -0.05) is 0 Å². The zero-order valence-corrected chi connectivity index (χ0v) is 9.13. The predicted molar refractivity (Wildman–Crippen MR) is 52.4 cm³/mol. The topological polar surface area (TPSA) is 55.6 Å². The van der Waals surface area contributed by atoms with Gasteiger partial charge in [-0.15, -0.1) is 0 Å². The van der Waals surface area contributed by atoms with Gasteiger partial charge in [-0.05, 0) is 34.9 Å². The van der Waals surface area contributed by atoms with Crippen molar-refractivity contribution < 1.29 is 9.53 Å². The van der Waals surface area contributed by atoms with E-state index in [0.29, 0.717) is 6.54 Å². The van der Waals surface area contributed by atoms with E-state index in [1.165, 1.54) is 0 Å². The molecule has 0 heterocycles. The number of esters is 1. The van der Waals surface area contributed by atoms with Gasteiger partial charge in [-0.3, -0.25) is 4.79 Å². The van der Waals surface area contributed by atoms with Gasteiger partial charge in [0.15, 0.2) is 0 Å². The molecule has 0 aliphatic carbocycles. The lowest BCUT2D eigenvalue weighted by Crippen LogP contribution is -2.43. The molecule has 0 radical (unpaired) electrons. The molecule has 78 valence electrons. The van der Waals surface area contributed by atoms with Gasteiger partial charge in [-0.25, -0.2) is 0 Å². The van der Waals surface area contributed by atoms with E-state index in [0.717, 1.165) is 0 Å². The monoisotopic (exact) mass is 188 g/mol.